The van der Waals surface area contributed by atoms with Gasteiger partial charge in [0.25, 0.3) is 0 Å². The van der Waals surface area contributed by atoms with Gasteiger partial charge in [-0.05, 0) is 18.3 Å². The van der Waals surface area contributed by atoms with Crippen LogP contribution in [0.4, 0.5) is 0 Å². The van der Waals surface area contributed by atoms with Crippen LogP contribution in [0.5, 0.6) is 0 Å². The molecule has 0 bridgehead atoms. The molecule has 0 aromatic rings. The average molecular weight is 299 g/mol. The molecule has 2 aliphatic rings. The van der Waals surface area contributed by atoms with Gasteiger partial charge in [0.05, 0.1) is 0 Å². The van der Waals surface area contributed by atoms with Crippen molar-refractivity contribution in [2.45, 2.75) is 96.8 Å². The van der Waals surface area contributed by atoms with Gasteiger partial charge in [-0.25, -0.2) is 0 Å². The fourth-order valence-electron chi connectivity index (χ4n) is 3.74. The van der Waals surface area contributed by atoms with E-state index in [1.807, 2.05) is 0 Å². The van der Waals surface area contributed by atoms with Gasteiger partial charge in [0.15, 0.2) is 0 Å². The Morgan fingerprint density at radius 3 is 1.62 bits per heavy atom. The molecule has 0 heterocycles. The summed E-state index contributed by atoms with van der Waals surface area (Å²) in [7, 11) is 0. The molecule has 2 saturated carbocycles. The molecule has 0 aromatic carbocycles. The SMILES string of the molecule is C1CCC(C2CCCCC2)CC1.CCCCCC(=O)O.N. The highest BCUT2D eigenvalue weighted by atomic mass is 16.4. The number of carbonyl (C=O) groups is 1. The van der Waals surface area contributed by atoms with Gasteiger partial charge in [-0.2, -0.15) is 0 Å². The first-order valence-electron chi connectivity index (χ1n) is 8.95. The van der Waals surface area contributed by atoms with Gasteiger partial charge < -0.3 is 11.3 Å². The second kappa shape index (κ2) is 13.1. The van der Waals surface area contributed by atoms with Crippen LogP contribution in [0.3, 0.4) is 0 Å². The summed E-state index contributed by atoms with van der Waals surface area (Å²) in [6, 6.07) is 0. The lowest BCUT2D eigenvalue weighted by atomic mass is 9.73. The lowest BCUT2D eigenvalue weighted by Crippen LogP contribution is -2.20. The second-order valence-corrected chi connectivity index (χ2v) is 6.65. The first-order valence-corrected chi connectivity index (χ1v) is 8.95. The van der Waals surface area contributed by atoms with E-state index in [-0.39, 0.29) is 6.15 Å². The van der Waals surface area contributed by atoms with Gasteiger partial charge in [-0.15, -0.1) is 0 Å². The van der Waals surface area contributed by atoms with Crippen molar-refractivity contribution in [3.05, 3.63) is 0 Å². The molecular formula is C18H37NO2. The van der Waals surface area contributed by atoms with E-state index in [1.165, 1.54) is 38.5 Å². The number of hydrogen-bond acceptors (Lipinski definition) is 2. The summed E-state index contributed by atoms with van der Waals surface area (Å²) < 4.78 is 0. The summed E-state index contributed by atoms with van der Waals surface area (Å²) in [6.45, 7) is 2.06. The van der Waals surface area contributed by atoms with Crippen LogP contribution >= 0.6 is 0 Å². The Balaban J connectivity index is 0.000000397. The van der Waals surface area contributed by atoms with Crippen molar-refractivity contribution >= 4 is 5.97 Å². The topological polar surface area (TPSA) is 72.3 Å². The monoisotopic (exact) mass is 299 g/mol. The smallest absolute Gasteiger partial charge is 0.303 e. The Morgan fingerprint density at radius 1 is 0.857 bits per heavy atom. The van der Waals surface area contributed by atoms with Crippen molar-refractivity contribution in [2.24, 2.45) is 11.8 Å². The summed E-state index contributed by atoms with van der Waals surface area (Å²) in [6.07, 6.45) is 18.7. The summed E-state index contributed by atoms with van der Waals surface area (Å²) in [5.41, 5.74) is 0. The standard InChI is InChI=1S/C12H22.C6H12O2.H3N/c1-3-7-11(8-4-1)12-9-5-2-6-10-12;1-2-3-4-5-6(7)8;/h11-12H,1-10H2;2-5H2,1H3,(H,7,8);1H3. The minimum Gasteiger partial charge on any atom is -0.481 e. The predicted octanol–water partition coefficient (Wildman–Crippen LogP) is 5.96. The van der Waals surface area contributed by atoms with E-state index in [2.05, 4.69) is 6.92 Å². The summed E-state index contributed by atoms with van der Waals surface area (Å²) in [4.78, 5) is 9.87. The van der Waals surface area contributed by atoms with E-state index < -0.39 is 5.97 Å². The molecule has 0 spiro atoms. The minimum atomic E-state index is -0.682. The molecule has 2 aliphatic carbocycles. The van der Waals surface area contributed by atoms with E-state index in [9.17, 15) is 4.79 Å². The van der Waals surface area contributed by atoms with Gasteiger partial charge >= 0.3 is 5.97 Å². The molecule has 0 unspecified atom stereocenters. The van der Waals surface area contributed by atoms with Gasteiger partial charge in [0, 0.05) is 6.42 Å². The molecule has 126 valence electrons. The quantitative estimate of drug-likeness (QED) is 0.615. The van der Waals surface area contributed by atoms with Crippen LogP contribution in [0, 0.1) is 11.8 Å². The fourth-order valence-corrected chi connectivity index (χ4v) is 3.74. The Morgan fingerprint density at radius 2 is 1.29 bits per heavy atom. The van der Waals surface area contributed by atoms with E-state index >= 15 is 0 Å². The maximum atomic E-state index is 9.87. The molecule has 3 nitrogen and oxygen atoms in total. The largest absolute Gasteiger partial charge is 0.481 e. The Kier molecular flexibility index (Phi) is 12.8. The summed E-state index contributed by atoms with van der Waals surface area (Å²) >= 11 is 0. The maximum Gasteiger partial charge on any atom is 0.303 e. The van der Waals surface area contributed by atoms with E-state index in [0.717, 1.165) is 31.1 Å². The number of carboxylic acids is 1. The Hall–Kier alpha value is -0.570. The molecule has 0 amide bonds. The molecule has 0 saturated heterocycles. The zero-order chi connectivity index (χ0) is 14.6. The van der Waals surface area contributed by atoms with Gasteiger partial charge in [-0.1, -0.05) is 84.0 Å². The van der Waals surface area contributed by atoms with Crippen LogP contribution in [0.15, 0.2) is 0 Å². The van der Waals surface area contributed by atoms with Crippen LogP contribution in [0.1, 0.15) is 96.8 Å². The predicted molar refractivity (Wildman–Crippen MR) is 89.9 cm³/mol. The zero-order valence-corrected chi connectivity index (χ0v) is 14.1. The van der Waals surface area contributed by atoms with Crippen molar-refractivity contribution < 1.29 is 9.90 Å². The third-order valence-electron chi connectivity index (χ3n) is 4.96. The first kappa shape index (κ1) is 20.4. The summed E-state index contributed by atoms with van der Waals surface area (Å²) in [5, 5.41) is 8.14. The molecule has 0 radical (unpaired) electrons. The van der Waals surface area contributed by atoms with Crippen LogP contribution in [-0.2, 0) is 4.79 Å². The van der Waals surface area contributed by atoms with Crippen molar-refractivity contribution in [1.29, 1.82) is 0 Å². The molecule has 2 fully saturated rings. The third kappa shape index (κ3) is 9.89. The van der Waals surface area contributed by atoms with Crippen LogP contribution in [-0.4, -0.2) is 11.1 Å². The molecule has 0 atom stereocenters. The van der Waals surface area contributed by atoms with Crippen LogP contribution in [0.2, 0.25) is 0 Å². The Labute approximate surface area is 131 Å². The third-order valence-corrected chi connectivity index (χ3v) is 4.96. The van der Waals surface area contributed by atoms with Gasteiger partial charge in [-0.3, -0.25) is 4.79 Å². The zero-order valence-electron chi connectivity index (χ0n) is 14.1. The van der Waals surface area contributed by atoms with E-state index in [0.29, 0.717) is 6.42 Å². The molecular weight excluding hydrogens is 262 g/mol. The molecule has 21 heavy (non-hydrogen) atoms. The highest BCUT2D eigenvalue weighted by Crippen LogP contribution is 2.37. The number of aliphatic carboxylic acids is 1. The van der Waals surface area contributed by atoms with E-state index in [1.54, 1.807) is 25.7 Å². The average Bonchev–Trinajstić information content (AvgIpc) is 2.50. The van der Waals surface area contributed by atoms with Crippen LogP contribution in [0.25, 0.3) is 0 Å². The molecule has 4 N–H and O–H groups in total. The van der Waals surface area contributed by atoms with Crippen molar-refractivity contribution in [3.63, 3.8) is 0 Å². The lowest BCUT2D eigenvalue weighted by Gasteiger charge is -2.32. The molecule has 0 aromatic heterocycles. The highest BCUT2D eigenvalue weighted by Gasteiger charge is 2.24. The van der Waals surface area contributed by atoms with Crippen molar-refractivity contribution in [3.8, 4) is 0 Å². The normalized spacial score (nSPS) is 20.0. The Bertz CT molecular complexity index is 228. The number of unbranched alkanes of at least 4 members (excludes halogenated alkanes) is 2. The summed E-state index contributed by atoms with van der Waals surface area (Å²) in [5.74, 6) is 1.59. The van der Waals surface area contributed by atoms with E-state index in [4.69, 9.17) is 5.11 Å². The first-order chi connectivity index (χ1) is 9.74. The molecule has 2 rings (SSSR count). The number of carboxylic acid groups (broad SMARTS) is 1. The maximum absolute atomic E-state index is 9.87. The number of hydrogen-bond donors (Lipinski definition) is 2. The van der Waals surface area contributed by atoms with Crippen LogP contribution < -0.4 is 6.15 Å². The lowest BCUT2D eigenvalue weighted by molar-refractivity contribution is -0.137. The van der Waals surface area contributed by atoms with Gasteiger partial charge in [0.1, 0.15) is 0 Å². The fraction of sp³-hybridized carbons (Fsp3) is 0.944. The molecule has 3 heteroatoms. The number of rotatable bonds is 5. The second-order valence-electron chi connectivity index (χ2n) is 6.65. The highest BCUT2D eigenvalue weighted by molar-refractivity contribution is 5.66. The minimum absolute atomic E-state index is 0. The van der Waals surface area contributed by atoms with Gasteiger partial charge in [0.2, 0.25) is 0 Å². The van der Waals surface area contributed by atoms with Crippen molar-refractivity contribution in [1.82, 2.24) is 6.15 Å². The van der Waals surface area contributed by atoms with Crippen molar-refractivity contribution in [2.75, 3.05) is 0 Å². The molecule has 0 aliphatic heterocycles.